The minimum absolute atomic E-state index is 0.0762. The van der Waals surface area contributed by atoms with E-state index in [0.29, 0.717) is 32.0 Å². The fraction of sp³-hybridized carbons (Fsp3) is 0.385. The first-order chi connectivity index (χ1) is 9.63. The molecule has 0 N–H and O–H groups in total. The van der Waals surface area contributed by atoms with Gasteiger partial charge in [0, 0.05) is 30.9 Å². The zero-order valence-electron chi connectivity index (χ0n) is 10.9. The van der Waals surface area contributed by atoms with Gasteiger partial charge < -0.3 is 14.4 Å². The molecule has 2 rings (SSSR count). The summed E-state index contributed by atoms with van der Waals surface area (Å²) < 4.78 is 24.4. The molecule has 1 saturated heterocycles. The van der Waals surface area contributed by atoms with Gasteiger partial charge in [0.2, 0.25) is 11.6 Å². The Morgan fingerprint density at radius 2 is 2.20 bits per heavy atom. The number of nitro groups is 1. The molecule has 0 aliphatic carbocycles. The number of rotatable bonds is 5. The van der Waals surface area contributed by atoms with E-state index in [-0.39, 0.29) is 12.4 Å². The van der Waals surface area contributed by atoms with Crippen LogP contribution in [0.5, 0.6) is 5.75 Å². The SMILES string of the molecule is C=CCOc1cc(N2CCOCC2)cc(F)c1[N+](=O)[O-]. The van der Waals surface area contributed by atoms with Gasteiger partial charge in [0.15, 0.2) is 0 Å². The van der Waals surface area contributed by atoms with Gasteiger partial charge in [0.05, 0.1) is 18.1 Å². The molecule has 1 heterocycles. The van der Waals surface area contributed by atoms with Crippen LogP contribution in [-0.4, -0.2) is 37.8 Å². The van der Waals surface area contributed by atoms with E-state index in [1.807, 2.05) is 4.90 Å². The van der Waals surface area contributed by atoms with Crippen LogP contribution in [0.1, 0.15) is 0 Å². The third-order valence-corrected chi connectivity index (χ3v) is 2.93. The lowest BCUT2D eigenvalue weighted by atomic mass is 10.2. The number of halogens is 1. The maximum atomic E-state index is 13.9. The number of hydrogen-bond acceptors (Lipinski definition) is 5. The predicted octanol–water partition coefficient (Wildman–Crippen LogP) is 2.14. The third kappa shape index (κ3) is 3.05. The highest BCUT2D eigenvalue weighted by Gasteiger charge is 2.25. The van der Waals surface area contributed by atoms with Gasteiger partial charge in [-0.2, -0.15) is 4.39 Å². The Labute approximate surface area is 115 Å². The van der Waals surface area contributed by atoms with Crippen molar-refractivity contribution in [3.8, 4) is 5.75 Å². The summed E-state index contributed by atoms with van der Waals surface area (Å²) in [4.78, 5) is 12.0. The summed E-state index contributed by atoms with van der Waals surface area (Å²) in [5.74, 6) is -0.991. The molecule has 0 radical (unpaired) electrons. The van der Waals surface area contributed by atoms with E-state index in [4.69, 9.17) is 9.47 Å². The van der Waals surface area contributed by atoms with Crippen LogP contribution in [0.25, 0.3) is 0 Å². The lowest BCUT2D eigenvalue weighted by Gasteiger charge is -2.29. The highest BCUT2D eigenvalue weighted by Crippen LogP contribution is 2.35. The fourth-order valence-corrected chi connectivity index (χ4v) is 2.00. The Bertz CT molecular complexity index is 515. The molecule has 0 atom stereocenters. The molecule has 0 saturated carbocycles. The third-order valence-electron chi connectivity index (χ3n) is 2.93. The molecule has 1 aromatic rings. The molecule has 108 valence electrons. The van der Waals surface area contributed by atoms with Crippen molar-refractivity contribution < 1.29 is 18.8 Å². The summed E-state index contributed by atoms with van der Waals surface area (Å²) in [5, 5.41) is 10.9. The largest absolute Gasteiger partial charge is 0.482 e. The monoisotopic (exact) mass is 282 g/mol. The topological polar surface area (TPSA) is 64.8 Å². The second kappa shape index (κ2) is 6.33. The summed E-state index contributed by atoms with van der Waals surface area (Å²) in [6.45, 7) is 5.85. The van der Waals surface area contributed by atoms with Crippen LogP contribution in [0.2, 0.25) is 0 Å². The molecule has 20 heavy (non-hydrogen) atoms. The molecule has 1 aliphatic heterocycles. The molecule has 0 aromatic heterocycles. The number of benzene rings is 1. The predicted molar refractivity (Wildman–Crippen MR) is 71.8 cm³/mol. The Hall–Kier alpha value is -2.15. The summed E-state index contributed by atoms with van der Waals surface area (Å²) >= 11 is 0. The van der Waals surface area contributed by atoms with Crippen LogP contribution >= 0.6 is 0 Å². The van der Waals surface area contributed by atoms with Gasteiger partial charge in [-0.25, -0.2) is 0 Å². The molecule has 0 amide bonds. The van der Waals surface area contributed by atoms with Gasteiger partial charge in [-0.15, -0.1) is 0 Å². The van der Waals surface area contributed by atoms with Crippen molar-refractivity contribution in [2.75, 3.05) is 37.8 Å². The van der Waals surface area contributed by atoms with E-state index < -0.39 is 16.4 Å². The van der Waals surface area contributed by atoms with Crippen molar-refractivity contribution in [2.24, 2.45) is 0 Å². The van der Waals surface area contributed by atoms with Crippen molar-refractivity contribution in [1.82, 2.24) is 0 Å². The zero-order valence-corrected chi connectivity index (χ0v) is 10.9. The zero-order chi connectivity index (χ0) is 14.5. The lowest BCUT2D eigenvalue weighted by molar-refractivity contribution is -0.388. The first-order valence-corrected chi connectivity index (χ1v) is 6.18. The quantitative estimate of drug-likeness (QED) is 0.470. The maximum Gasteiger partial charge on any atom is 0.346 e. The van der Waals surface area contributed by atoms with Gasteiger partial charge >= 0.3 is 5.69 Å². The van der Waals surface area contributed by atoms with Crippen LogP contribution in [0.15, 0.2) is 24.8 Å². The molecule has 1 fully saturated rings. The standard InChI is InChI=1S/C13H15FN2O4/c1-2-5-20-12-9-10(15-3-6-19-7-4-15)8-11(14)13(12)16(17)18/h2,8-9H,1,3-7H2. The molecule has 0 bridgehead atoms. The number of ether oxygens (including phenoxy) is 2. The minimum Gasteiger partial charge on any atom is -0.482 e. The average molecular weight is 282 g/mol. The highest BCUT2D eigenvalue weighted by atomic mass is 19.1. The number of morpholine rings is 1. The van der Waals surface area contributed by atoms with Gasteiger partial charge in [-0.1, -0.05) is 12.7 Å². The first-order valence-electron chi connectivity index (χ1n) is 6.18. The van der Waals surface area contributed by atoms with Crippen molar-refractivity contribution in [3.05, 3.63) is 40.7 Å². The molecule has 0 unspecified atom stereocenters. The molecule has 7 heteroatoms. The Balaban J connectivity index is 2.36. The molecule has 6 nitrogen and oxygen atoms in total. The minimum atomic E-state index is -0.905. The summed E-state index contributed by atoms with van der Waals surface area (Å²) in [6.07, 6.45) is 1.45. The summed E-state index contributed by atoms with van der Waals surface area (Å²) in [7, 11) is 0. The van der Waals surface area contributed by atoms with Gasteiger partial charge in [-0.3, -0.25) is 10.1 Å². The van der Waals surface area contributed by atoms with E-state index >= 15 is 0 Å². The maximum absolute atomic E-state index is 13.9. The van der Waals surface area contributed by atoms with Crippen molar-refractivity contribution in [3.63, 3.8) is 0 Å². The van der Waals surface area contributed by atoms with Crippen LogP contribution < -0.4 is 9.64 Å². The molecule has 1 aliphatic rings. The summed E-state index contributed by atoms with van der Waals surface area (Å²) in [6, 6.07) is 2.64. The molecule has 0 spiro atoms. The first kappa shape index (κ1) is 14.3. The summed E-state index contributed by atoms with van der Waals surface area (Å²) in [5.41, 5.74) is -0.0979. The van der Waals surface area contributed by atoms with Crippen molar-refractivity contribution in [2.45, 2.75) is 0 Å². The molecular formula is C13H15FN2O4. The smallest absolute Gasteiger partial charge is 0.346 e. The number of anilines is 1. The van der Waals surface area contributed by atoms with Gasteiger partial charge in [0.1, 0.15) is 6.61 Å². The molecular weight excluding hydrogens is 267 g/mol. The Morgan fingerprint density at radius 1 is 1.50 bits per heavy atom. The van der Waals surface area contributed by atoms with E-state index in [2.05, 4.69) is 6.58 Å². The number of nitro benzene ring substituents is 1. The lowest BCUT2D eigenvalue weighted by Crippen LogP contribution is -2.36. The highest BCUT2D eigenvalue weighted by molar-refractivity contribution is 5.60. The van der Waals surface area contributed by atoms with Gasteiger partial charge in [0.25, 0.3) is 0 Å². The van der Waals surface area contributed by atoms with E-state index in [1.54, 1.807) is 0 Å². The van der Waals surface area contributed by atoms with Crippen molar-refractivity contribution in [1.29, 1.82) is 0 Å². The fourth-order valence-electron chi connectivity index (χ4n) is 2.00. The van der Waals surface area contributed by atoms with E-state index in [0.717, 1.165) is 6.07 Å². The van der Waals surface area contributed by atoms with Crippen LogP contribution in [0.3, 0.4) is 0 Å². The second-order valence-electron chi connectivity index (χ2n) is 4.23. The van der Waals surface area contributed by atoms with E-state index in [1.165, 1.54) is 12.1 Å². The average Bonchev–Trinajstić information content (AvgIpc) is 2.45. The Kier molecular flexibility index (Phi) is 4.52. The van der Waals surface area contributed by atoms with Crippen LogP contribution in [0.4, 0.5) is 15.8 Å². The van der Waals surface area contributed by atoms with Gasteiger partial charge in [-0.05, 0) is 0 Å². The van der Waals surface area contributed by atoms with E-state index in [9.17, 15) is 14.5 Å². The normalized spacial score (nSPS) is 14.9. The van der Waals surface area contributed by atoms with Crippen molar-refractivity contribution >= 4 is 11.4 Å². The Morgan fingerprint density at radius 3 is 2.80 bits per heavy atom. The van der Waals surface area contributed by atoms with Crippen LogP contribution in [0, 0.1) is 15.9 Å². The molecule has 1 aromatic carbocycles. The number of nitrogens with zero attached hydrogens (tertiary/aromatic N) is 2. The number of hydrogen-bond donors (Lipinski definition) is 0. The second-order valence-corrected chi connectivity index (χ2v) is 4.23. The van der Waals surface area contributed by atoms with Crippen LogP contribution in [-0.2, 0) is 4.74 Å².